The Labute approximate surface area is 243 Å². The lowest BCUT2D eigenvalue weighted by atomic mass is 9.96. The molecule has 0 aromatic heterocycles. The molecule has 3 aliphatic heterocycles. The Kier molecular flexibility index (Phi) is 8.87. The largest absolute Gasteiger partial charge is 0.508 e. The van der Waals surface area contributed by atoms with Crippen molar-refractivity contribution in [2.75, 3.05) is 13.2 Å². The van der Waals surface area contributed by atoms with Crippen molar-refractivity contribution in [1.82, 2.24) is 0 Å². The van der Waals surface area contributed by atoms with Gasteiger partial charge >= 0.3 is 0 Å². The quantitative estimate of drug-likeness (QED) is 0.138. The summed E-state index contributed by atoms with van der Waals surface area (Å²) in [6.07, 6.45) is -13.8. The third kappa shape index (κ3) is 5.89. The number of phenols is 2. The number of allylic oxidation sites excluding steroid dienone is 2. The number of ether oxygens (including phenoxy) is 5. The summed E-state index contributed by atoms with van der Waals surface area (Å²) in [6, 6.07) is 3.65. The maximum absolute atomic E-state index is 10.6. The minimum atomic E-state index is -1.81. The molecule has 0 spiro atoms. The highest BCUT2D eigenvalue weighted by Gasteiger charge is 2.47. The fraction of sp³-hybridized carbons (Fsp3) is 0.481. The van der Waals surface area contributed by atoms with Gasteiger partial charge in [0.05, 0.1) is 13.2 Å². The number of aromatic hydroxyl groups is 2. The van der Waals surface area contributed by atoms with Gasteiger partial charge in [0.1, 0.15) is 66.5 Å². The van der Waals surface area contributed by atoms with Gasteiger partial charge in [0.25, 0.3) is 0 Å². The van der Waals surface area contributed by atoms with E-state index in [2.05, 4.69) is 0 Å². The van der Waals surface area contributed by atoms with Crippen LogP contribution in [0.2, 0.25) is 0 Å². The summed E-state index contributed by atoms with van der Waals surface area (Å²) in [7, 11) is 0. The second-order valence-corrected chi connectivity index (χ2v) is 10.3. The zero-order valence-electron chi connectivity index (χ0n) is 22.2. The van der Waals surface area contributed by atoms with Crippen LogP contribution in [0, 0.1) is 0 Å². The van der Waals surface area contributed by atoms with Crippen LogP contribution in [0.25, 0.3) is 5.76 Å². The Balaban J connectivity index is 1.53. The second-order valence-electron chi connectivity index (χ2n) is 10.3. The SMILES string of the molecule is OC[C@H]1O[C@H](OC2=CC(O)=CC3OC(c4ccc(O)c(O)c4)=C(O[C@H]4O[C@H](CO)[C@@H](O)[C@H](O)[C@H]4O)C=C23)[C@H](O)[C@@H](O)[C@@H]1O. The van der Waals surface area contributed by atoms with Crippen LogP contribution in [-0.4, -0.2) is 137 Å². The van der Waals surface area contributed by atoms with E-state index in [4.69, 9.17) is 23.7 Å². The number of benzene rings is 1. The lowest BCUT2D eigenvalue weighted by Gasteiger charge is -2.41. The summed E-state index contributed by atoms with van der Waals surface area (Å²) in [5, 5.41) is 111. The summed E-state index contributed by atoms with van der Waals surface area (Å²) < 4.78 is 28.5. The molecule has 0 bridgehead atoms. The van der Waals surface area contributed by atoms with E-state index >= 15 is 0 Å². The molecule has 3 heterocycles. The summed E-state index contributed by atoms with van der Waals surface area (Å²) in [6.45, 7) is -1.45. The Hall–Kier alpha value is -3.42. The van der Waals surface area contributed by atoms with Crippen molar-refractivity contribution in [2.45, 2.75) is 67.5 Å². The van der Waals surface area contributed by atoms with E-state index in [0.29, 0.717) is 0 Å². The predicted octanol–water partition coefficient (Wildman–Crippen LogP) is -2.94. The normalized spacial score (nSPS) is 37.9. The van der Waals surface area contributed by atoms with Gasteiger partial charge in [-0.1, -0.05) is 0 Å². The monoisotopic (exact) mass is 612 g/mol. The highest BCUT2D eigenvalue weighted by Crippen LogP contribution is 2.41. The van der Waals surface area contributed by atoms with Crippen LogP contribution >= 0.6 is 0 Å². The number of hydrogen-bond donors (Lipinski definition) is 11. The topological polar surface area (TPSA) is 269 Å². The number of hydrogen-bond acceptors (Lipinski definition) is 16. The van der Waals surface area contributed by atoms with Gasteiger partial charge in [-0.25, -0.2) is 0 Å². The van der Waals surface area contributed by atoms with Gasteiger partial charge in [0.15, 0.2) is 23.0 Å². The maximum Gasteiger partial charge on any atom is 0.229 e. The minimum absolute atomic E-state index is 0.112. The van der Waals surface area contributed by atoms with Crippen LogP contribution in [0.5, 0.6) is 11.5 Å². The molecule has 2 saturated heterocycles. The van der Waals surface area contributed by atoms with Crippen LogP contribution in [-0.2, 0) is 23.7 Å². The number of rotatable bonds is 7. The molecule has 5 rings (SSSR count). The third-order valence-corrected chi connectivity index (χ3v) is 7.37. The average molecular weight is 613 g/mol. The zero-order valence-corrected chi connectivity index (χ0v) is 22.2. The van der Waals surface area contributed by atoms with Crippen LogP contribution in [0.4, 0.5) is 0 Å². The van der Waals surface area contributed by atoms with Gasteiger partial charge in [-0.2, -0.15) is 0 Å². The van der Waals surface area contributed by atoms with Crippen LogP contribution in [0.3, 0.4) is 0 Å². The maximum atomic E-state index is 10.6. The minimum Gasteiger partial charge on any atom is -0.508 e. The standard InChI is InChI=1S/C27H32O16/c28-7-17-19(33)21(35)23(37)26(42-17)40-15-5-10(30)4-14-11(15)6-16(25(39-14)9-1-2-12(31)13(32)3-9)41-27-24(38)22(36)20(34)18(8-29)43-27/h1-6,14,17-24,26-38H,7-8H2/t14?,17-,18-,19-,20-,21+,22+,23-,24-,26+,27+/m1/s1. The summed E-state index contributed by atoms with van der Waals surface area (Å²) in [5.74, 6) is -1.81. The first kappa shape index (κ1) is 31.0. The van der Waals surface area contributed by atoms with Gasteiger partial charge in [-0.15, -0.1) is 0 Å². The lowest BCUT2D eigenvalue weighted by molar-refractivity contribution is -0.291. The molecular formula is C27H32O16. The molecule has 1 aromatic rings. The van der Waals surface area contributed by atoms with E-state index in [1.807, 2.05) is 0 Å². The molecule has 1 aromatic carbocycles. The van der Waals surface area contributed by atoms with E-state index in [-0.39, 0.29) is 34.2 Å². The van der Waals surface area contributed by atoms with Gasteiger partial charge in [0.2, 0.25) is 12.6 Å². The summed E-state index contributed by atoms with van der Waals surface area (Å²) in [4.78, 5) is 0. The number of fused-ring (bicyclic) bond motifs is 1. The molecule has 0 amide bonds. The Bertz CT molecular complexity index is 1320. The molecule has 4 aliphatic rings. The Morgan fingerprint density at radius 1 is 0.674 bits per heavy atom. The molecule has 1 unspecified atom stereocenters. The number of aliphatic hydroxyl groups excluding tert-OH is 9. The Morgan fingerprint density at radius 2 is 1.26 bits per heavy atom. The summed E-state index contributed by atoms with van der Waals surface area (Å²) >= 11 is 0. The van der Waals surface area contributed by atoms with Crippen molar-refractivity contribution in [3.8, 4) is 11.5 Å². The van der Waals surface area contributed by atoms with Crippen molar-refractivity contribution in [1.29, 1.82) is 0 Å². The molecule has 43 heavy (non-hydrogen) atoms. The molecule has 0 saturated carbocycles. The van der Waals surface area contributed by atoms with Gasteiger partial charge in [0, 0.05) is 23.3 Å². The van der Waals surface area contributed by atoms with Gasteiger partial charge in [-0.3, -0.25) is 0 Å². The zero-order chi connectivity index (χ0) is 31.2. The average Bonchev–Trinajstić information content (AvgIpc) is 2.98. The van der Waals surface area contributed by atoms with Crippen molar-refractivity contribution >= 4 is 5.76 Å². The molecular weight excluding hydrogens is 580 g/mol. The van der Waals surface area contributed by atoms with Gasteiger partial charge in [-0.05, 0) is 24.3 Å². The molecule has 16 nitrogen and oxygen atoms in total. The highest BCUT2D eigenvalue weighted by molar-refractivity contribution is 5.70. The first-order valence-corrected chi connectivity index (χ1v) is 13.2. The van der Waals surface area contributed by atoms with Crippen molar-refractivity contribution < 1.29 is 79.9 Å². The van der Waals surface area contributed by atoms with Crippen molar-refractivity contribution in [3.63, 3.8) is 0 Å². The van der Waals surface area contributed by atoms with Crippen molar-refractivity contribution in [3.05, 3.63) is 64.8 Å². The summed E-state index contributed by atoms with van der Waals surface area (Å²) in [5.41, 5.74) is 0.269. The van der Waals surface area contributed by atoms with E-state index in [1.54, 1.807) is 0 Å². The fourth-order valence-corrected chi connectivity index (χ4v) is 4.94. The number of phenolic OH excluding ortho intramolecular Hbond substituents is 2. The predicted molar refractivity (Wildman–Crippen MR) is 138 cm³/mol. The molecule has 0 radical (unpaired) electrons. The smallest absolute Gasteiger partial charge is 0.229 e. The molecule has 1 aliphatic carbocycles. The Morgan fingerprint density at radius 3 is 1.81 bits per heavy atom. The molecule has 11 atom stereocenters. The highest BCUT2D eigenvalue weighted by atomic mass is 16.7. The van der Waals surface area contributed by atoms with E-state index < -0.39 is 92.2 Å². The third-order valence-electron chi connectivity index (χ3n) is 7.37. The van der Waals surface area contributed by atoms with Crippen LogP contribution in [0.1, 0.15) is 5.56 Å². The molecule has 16 heteroatoms. The van der Waals surface area contributed by atoms with Crippen LogP contribution < -0.4 is 0 Å². The lowest BCUT2D eigenvalue weighted by Crippen LogP contribution is -2.59. The molecule has 236 valence electrons. The van der Waals surface area contributed by atoms with Crippen LogP contribution in [0.15, 0.2) is 59.3 Å². The van der Waals surface area contributed by atoms with E-state index in [0.717, 1.165) is 18.2 Å². The first-order chi connectivity index (χ1) is 20.4. The van der Waals surface area contributed by atoms with Gasteiger partial charge < -0.3 is 79.9 Å². The van der Waals surface area contributed by atoms with E-state index in [9.17, 15) is 56.2 Å². The fourth-order valence-electron chi connectivity index (χ4n) is 4.94. The molecule has 11 N–H and O–H groups in total. The second kappa shape index (κ2) is 12.3. The van der Waals surface area contributed by atoms with Crippen molar-refractivity contribution in [2.24, 2.45) is 0 Å². The number of aliphatic hydroxyl groups is 9. The molecule has 2 fully saturated rings. The van der Waals surface area contributed by atoms with E-state index in [1.165, 1.54) is 18.2 Å². The first-order valence-electron chi connectivity index (χ1n) is 13.2.